The SMILES string of the molecule is O=C(NC1CCCCC1)[C@@H](c1ccc(O)cc1)N(Cc1cccs1)C(=O)Cn1nnc2ccccc21. The number of amides is 2. The summed E-state index contributed by atoms with van der Waals surface area (Å²) in [4.78, 5) is 30.2. The van der Waals surface area contributed by atoms with Gasteiger partial charge < -0.3 is 15.3 Å². The molecule has 36 heavy (non-hydrogen) atoms. The summed E-state index contributed by atoms with van der Waals surface area (Å²) >= 11 is 1.54. The second-order valence-electron chi connectivity index (χ2n) is 9.17. The summed E-state index contributed by atoms with van der Waals surface area (Å²) in [5.41, 5.74) is 2.12. The Balaban J connectivity index is 1.49. The zero-order valence-corrected chi connectivity index (χ0v) is 20.7. The van der Waals surface area contributed by atoms with Crippen LogP contribution in [0.25, 0.3) is 11.0 Å². The molecule has 0 aliphatic heterocycles. The fourth-order valence-electron chi connectivity index (χ4n) is 4.80. The van der Waals surface area contributed by atoms with Crippen molar-refractivity contribution in [2.75, 3.05) is 0 Å². The average Bonchev–Trinajstić information content (AvgIpc) is 3.56. The van der Waals surface area contributed by atoms with Crippen molar-refractivity contribution in [1.82, 2.24) is 25.2 Å². The Morgan fingerprint density at radius 1 is 1.06 bits per heavy atom. The maximum Gasteiger partial charge on any atom is 0.247 e. The van der Waals surface area contributed by atoms with Crippen LogP contribution in [0.3, 0.4) is 0 Å². The second kappa shape index (κ2) is 10.9. The van der Waals surface area contributed by atoms with Crippen molar-refractivity contribution in [3.05, 3.63) is 76.5 Å². The number of fused-ring (bicyclic) bond motifs is 1. The Bertz CT molecular complexity index is 1310. The summed E-state index contributed by atoms with van der Waals surface area (Å²) < 4.78 is 1.58. The molecule has 0 spiro atoms. The Morgan fingerprint density at radius 2 is 1.83 bits per heavy atom. The molecule has 1 saturated carbocycles. The van der Waals surface area contributed by atoms with Crippen LogP contribution in [0.2, 0.25) is 0 Å². The van der Waals surface area contributed by atoms with Crippen molar-refractivity contribution in [3.8, 4) is 5.75 Å². The van der Waals surface area contributed by atoms with E-state index in [1.165, 1.54) is 6.42 Å². The summed E-state index contributed by atoms with van der Waals surface area (Å²) in [7, 11) is 0. The molecule has 186 valence electrons. The molecule has 2 aromatic carbocycles. The Hall–Kier alpha value is -3.72. The first-order chi connectivity index (χ1) is 17.6. The van der Waals surface area contributed by atoms with Crippen LogP contribution in [0.5, 0.6) is 5.75 Å². The molecule has 8 nitrogen and oxygen atoms in total. The summed E-state index contributed by atoms with van der Waals surface area (Å²) in [5.74, 6) is -0.340. The number of aromatic hydroxyl groups is 1. The molecule has 5 rings (SSSR count). The third-order valence-electron chi connectivity index (χ3n) is 6.65. The zero-order chi connectivity index (χ0) is 24.9. The Morgan fingerprint density at radius 3 is 2.58 bits per heavy atom. The molecule has 4 aromatic rings. The number of phenols is 1. The molecule has 1 aliphatic rings. The van der Waals surface area contributed by atoms with Crippen LogP contribution in [0.4, 0.5) is 0 Å². The molecule has 2 amide bonds. The molecule has 2 N–H and O–H groups in total. The van der Waals surface area contributed by atoms with Crippen LogP contribution in [-0.2, 0) is 22.7 Å². The standard InChI is InChI=1S/C27H29N5O3S/c33-21-14-12-19(13-15-21)26(27(35)28-20-7-2-1-3-8-20)31(17-22-9-6-16-36-22)25(34)18-32-24-11-5-4-10-23(24)29-30-32/h4-6,9-16,20,26,33H,1-3,7-8,17-18H2,(H,28,35)/t26-/m1/s1. The minimum atomic E-state index is -0.850. The first-order valence-corrected chi connectivity index (χ1v) is 13.2. The Labute approximate surface area is 213 Å². The topological polar surface area (TPSA) is 100 Å². The molecule has 0 radical (unpaired) electrons. The monoisotopic (exact) mass is 503 g/mol. The normalized spacial score (nSPS) is 15.0. The van der Waals surface area contributed by atoms with E-state index in [0.29, 0.717) is 11.1 Å². The number of thiophene rings is 1. The number of nitrogens with zero attached hydrogens (tertiary/aromatic N) is 4. The largest absolute Gasteiger partial charge is 0.508 e. The highest BCUT2D eigenvalue weighted by Gasteiger charge is 2.33. The lowest BCUT2D eigenvalue weighted by Crippen LogP contribution is -2.47. The first-order valence-electron chi connectivity index (χ1n) is 12.3. The van der Waals surface area contributed by atoms with E-state index >= 15 is 0 Å². The summed E-state index contributed by atoms with van der Waals surface area (Å²) in [6.07, 6.45) is 5.25. The summed E-state index contributed by atoms with van der Waals surface area (Å²) in [5, 5.41) is 23.4. The maximum atomic E-state index is 13.9. The molecule has 2 heterocycles. The van der Waals surface area contributed by atoms with Gasteiger partial charge in [0.1, 0.15) is 23.9 Å². The van der Waals surface area contributed by atoms with E-state index in [1.54, 1.807) is 45.2 Å². The van der Waals surface area contributed by atoms with Crippen LogP contribution in [0.15, 0.2) is 66.0 Å². The van der Waals surface area contributed by atoms with Gasteiger partial charge in [0, 0.05) is 10.9 Å². The lowest BCUT2D eigenvalue weighted by molar-refractivity contribution is -0.142. The average molecular weight is 504 g/mol. The van der Waals surface area contributed by atoms with Crippen LogP contribution < -0.4 is 5.32 Å². The lowest BCUT2D eigenvalue weighted by Gasteiger charge is -2.33. The number of aromatic nitrogens is 3. The van der Waals surface area contributed by atoms with E-state index in [2.05, 4.69) is 15.6 Å². The molecule has 1 fully saturated rings. The number of para-hydroxylation sites is 1. The highest BCUT2D eigenvalue weighted by Crippen LogP contribution is 2.28. The Kier molecular flexibility index (Phi) is 7.27. The number of carbonyl (C=O) groups excluding carboxylic acids is 2. The molecule has 2 aromatic heterocycles. The fraction of sp³-hybridized carbons (Fsp3) is 0.333. The predicted molar refractivity (Wildman–Crippen MR) is 138 cm³/mol. The van der Waals surface area contributed by atoms with Crippen molar-refractivity contribution >= 4 is 34.2 Å². The van der Waals surface area contributed by atoms with E-state index in [0.717, 1.165) is 36.1 Å². The van der Waals surface area contributed by atoms with Gasteiger partial charge in [-0.2, -0.15) is 0 Å². The van der Waals surface area contributed by atoms with E-state index in [-0.39, 0.29) is 36.7 Å². The number of benzene rings is 2. The third-order valence-corrected chi connectivity index (χ3v) is 7.51. The van der Waals surface area contributed by atoms with Gasteiger partial charge >= 0.3 is 0 Å². The predicted octanol–water partition coefficient (Wildman–Crippen LogP) is 4.42. The number of hydrogen-bond donors (Lipinski definition) is 2. The van der Waals surface area contributed by atoms with Gasteiger partial charge in [-0.15, -0.1) is 16.4 Å². The van der Waals surface area contributed by atoms with Gasteiger partial charge in [0.05, 0.1) is 12.1 Å². The van der Waals surface area contributed by atoms with Gasteiger partial charge in [-0.3, -0.25) is 9.59 Å². The van der Waals surface area contributed by atoms with E-state index in [1.807, 2.05) is 41.8 Å². The van der Waals surface area contributed by atoms with Crippen LogP contribution >= 0.6 is 11.3 Å². The number of rotatable bonds is 8. The van der Waals surface area contributed by atoms with Gasteiger partial charge in [-0.1, -0.05) is 54.8 Å². The van der Waals surface area contributed by atoms with Gasteiger partial charge in [0.15, 0.2) is 0 Å². The summed E-state index contributed by atoms with van der Waals surface area (Å²) in [6.45, 7) is 0.240. The highest BCUT2D eigenvalue weighted by molar-refractivity contribution is 7.09. The van der Waals surface area contributed by atoms with E-state index in [9.17, 15) is 14.7 Å². The molecule has 0 saturated heterocycles. The molecule has 0 unspecified atom stereocenters. The lowest BCUT2D eigenvalue weighted by atomic mass is 9.94. The maximum absolute atomic E-state index is 13.9. The first kappa shape index (κ1) is 24.0. The van der Waals surface area contributed by atoms with Crippen LogP contribution in [0, 0.1) is 0 Å². The number of nitrogens with one attached hydrogen (secondary N) is 1. The summed E-state index contributed by atoms with van der Waals surface area (Å²) in [6, 6.07) is 17.2. The minimum absolute atomic E-state index is 0.0445. The van der Waals surface area contributed by atoms with Crippen molar-refractivity contribution in [2.45, 2.75) is 57.3 Å². The van der Waals surface area contributed by atoms with Crippen molar-refractivity contribution < 1.29 is 14.7 Å². The quantitative estimate of drug-likeness (QED) is 0.371. The van der Waals surface area contributed by atoms with Gasteiger partial charge in [0.2, 0.25) is 11.8 Å². The molecule has 1 atom stereocenters. The fourth-order valence-corrected chi connectivity index (χ4v) is 5.51. The zero-order valence-electron chi connectivity index (χ0n) is 19.9. The molecular formula is C27H29N5O3S. The molecule has 9 heteroatoms. The number of carbonyl (C=O) groups is 2. The van der Waals surface area contributed by atoms with Crippen molar-refractivity contribution in [3.63, 3.8) is 0 Å². The second-order valence-corrected chi connectivity index (χ2v) is 10.2. The van der Waals surface area contributed by atoms with E-state index in [4.69, 9.17) is 0 Å². The van der Waals surface area contributed by atoms with Crippen LogP contribution in [0.1, 0.15) is 48.6 Å². The third kappa shape index (κ3) is 5.41. The van der Waals surface area contributed by atoms with Crippen LogP contribution in [-0.4, -0.2) is 42.9 Å². The highest BCUT2D eigenvalue weighted by atomic mass is 32.1. The minimum Gasteiger partial charge on any atom is -0.508 e. The van der Waals surface area contributed by atoms with Gasteiger partial charge in [0.25, 0.3) is 0 Å². The number of hydrogen-bond acceptors (Lipinski definition) is 6. The van der Waals surface area contributed by atoms with Crippen molar-refractivity contribution in [2.24, 2.45) is 0 Å². The molecular weight excluding hydrogens is 474 g/mol. The number of phenolic OH excluding ortho intramolecular Hbond substituents is 1. The van der Waals surface area contributed by atoms with E-state index < -0.39 is 6.04 Å². The smallest absolute Gasteiger partial charge is 0.247 e. The van der Waals surface area contributed by atoms with Gasteiger partial charge in [-0.25, -0.2) is 4.68 Å². The van der Waals surface area contributed by atoms with Crippen molar-refractivity contribution in [1.29, 1.82) is 0 Å². The van der Waals surface area contributed by atoms with Gasteiger partial charge in [-0.05, 0) is 54.1 Å². The molecule has 1 aliphatic carbocycles. The molecule has 0 bridgehead atoms.